The molecule has 0 saturated carbocycles. The van der Waals surface area contributed by atoms with Gasteiger partial charge >= 0.3 is 0 Å². The second-order valence-electron chi connectivity index (χ2n) is 7.49. The van der Waals surface area contributed by atoms with Gasteiger partial charge in [0.05, 0.1) is 6.54 Å². The summed E-state index contributed by atoms with van der Waals surface area (Å²) in [5.41, 5.74) is 2.44. The summed E-state index contributed by atoms with van der Waals surface area (Å²) in [6, 6.07) is 14.6. The average molecular weight is 450 g/mol. The van der Waals surface area contributed by atoms with Gasteiger partial charge in [-0.1, -0.05) is 28.9 Å². The number of carbonyl (C=O) groups is 1. The number of nitrogens with zero attached hydrogens (tertiary/aromatic N) is 5. The Kier molecular flexibility index (Phi) is 6.47. The molecule has 0 N–H and O–H groups in total. The summed E-state index contributed by atoms with van der Waals surface area (Å²) in [6.07, 6.45) is 3.22. The molecular weight excluding hydrogens is 430 g/mol. The van der Waals surface area contributed by atoms with Crippen molar-refractivity contribution in [2.45, 2.75) is 25.8 Å². The van der Waals surface area contributed by atoms with E-state index in [1.165, 1.54) is 0 Å². The molecule has 0 radical (unpaired) electrons. The Bertz CT molecular complexity index is 1180. The molecule has 0 spiro atoms. The van der Waals surface area contributed by atoms with Crippen LogP contribution in [0.3, 0.4) is 0 Å². The maximum atomic E-state index is 12.1. The summed E-state index contributed by atoms with van der Waals surface area (Å²) in [5, 5.41) is 13.7. The third-order valence-corrected chi connectivity index (χ3v) is 5.25. The van der Waals surface area contributed by atoms with Crippen LogP contribution in [0.2, 0.25) is 5.02 Å². The number of aromatic nitrogens is 2. The summed E-state index contributed by atoms with van der Waals surface area (Å²) in [6.45, 7) is 2.15. The first-order chi connectivity index (χ1) is 15.5. The van der Waals surface area contributed by atoms with Crippen molar-refractivity contribution in [3.63, 3.8) is 0 Å². The standard InChI is InChI=1S/C23H20ClN5O3/c1-15-9-19(12-29(15)14-25)26-22(30)13-31-20-7-5-17(6-8-20)23-27-21(28-32-23)11-16-3-2-4-18(24)10-16/h2-8,10,15H,9,11-13H2,1H3/t15-/m1/s1. The zero-order valence-electron chi connectivity index (χ0n) is 17.4. The molecule has 1 fully saturated rings. The van der Waals surface area contributed by atoms with Crippen molar-refractivity contribution in [1.82, 2.24) is 15.0 Å². The molecule has 8 nitrogen and oxygen atoms in total. The molecule has 2 heterocycles. The van der Waals surface area contributed by atoms with Crippen molar-refractivity contribution < 1.29 is 14.1 Å². The lowest BCUT2D eigenvalue weighted by Gasteiger charge is -2.10. The molecule has 2 aromatic carbocycles. The Morgan fingerprint density at radius 2 is 2.16 bits per heavy atom. The van der Waals surface area contributed by atoms with Crippen LogP contribution >= 0.6 is 11.6 Å². The molecule has 1 saturated heterocycles. The van der Waals surface area contributed by atoms with Crippen LogP contribution < -0.4 is 4.74 Å². The fourth-order valence-electron chi connectivity index (χ4n) is 3.40. The van der Waals surface area contributed by atoms with Crippen LogP contribution in [0.4, 0.5) is 0 Å². The zero-order valence-corrected chi connectivity index (χ0v) is 18.1. The van der Waals surface area contributed by atoms with Crippen LogP contribution in [-0.2, 0) is 11.2 Å². The van der Waals surface area contributed by atoms with Gasteiger partial charge in [-0.05, 0) is 48.9 Å². The zero-order chi connectivity index (χ0) is 22.5. The molecule has 0 bridgehead atoms. The van der Waals surface area contributed by atoms with E-state index in [1.807, 2.05) is 31.2 Å². The Morgan fingerprint density at radius 1 is 1.34 bits per heavy atom. The molecule has 0 unspecified atom stereocenters. The minimum atomic E-state index is -0.376. The molecule has 3 aromatic rings. The number of amides is 1. The van der Waals surface area contributed by atoms with Crippen molar-refractivity contribution in [2.24, 2.45) is 4.99 Å². The second kappa shape index (κ2) is 9.62. The molecule has 1 aromatic heterocycles. The van der Waals surface area contributed by atoms with E-state index in [0.717, 1.165) is 11.1 Å². The highest BCUT2D eigenvalue weighted by Crippen LogP contribution is 2.22. The second-order valence-corrected chi connectivity index (χ2v) is 7.92. The van der Waals surface area contributed by atoms with Gasteiger partial charge in [-0.3, -0.25) is 4.79 Å². The highest BCUT2D eigenvalue weighted by atomic mass is 35.5. The summed E-state index contributed by atoms with van der Waals surface area (Å²) in [5.74, 6) is 1.11. The molecule has 1 aliphatic heterocycles. The van der Waals surface area contributed by atoms with E-state index in [-0.39, 0.29) is 18.6 Å². The monoisotopic (exact) mass is 449 g/mol. The number of ether oxygens (including phenoxy) is 1. The molecule has 162 valence electrons. The van der Waals surface area contributed by atoms with Gasteiger partial charge in [0.1, 0.15) is 5.75 Å². The summed E-state index contributed by atoms with van der Waals surface area (Å²) < 4.78 is 10.9. The van der Waals surface area contributed by atoms with Crippen LogP contribution in [0.25, 0.3) is 11.5 Å². The van der Waals surface area contributed by atoms with E-state index >= 15 is 0 Å². The summed E-state index contributed by atoms with van der Waals surface area (Å²) in [7, 11) is 0. The van der Waals surface area contributed by atoms with Crippen molar-refractivity contribution in [3.05, 3.63) is 64.9 Å². The fourth-order valence-corrected chi connectivity index (χ4v) is 3.62. The number of hydrogen-bond donors (Lipinski definition) is 0. The SMILES string of the molecule is C[C@@H]1CC(=NC(=O)COc2ccc(-c3nc(Cc4cccc(Cl)c4)no3)cc2)CN1C#N. The first-order valence-corrected chi connectivity index (χ1v) is 10.4. The van der Waals surface area contributed by atoms with Gasteiger partial charge in [-0.25, -0.2) is 4.99 Å². The highest BCUT2D eigenvalue weighted by molar-refractivity contribution is 6.30. The maximum Gasteiger partial charge on any atom is 0.283 e. The Labute approximate surface area is 190 Å². The number of nitriles is 1. The Balaban J connectivity index is 1.32. The van der Waals surface area contributed by atoms with Gasteiger partial charge in [0.2, 0.25) is 0 Å². The van der Waals surface area contributed by atoms with Gasteiger partial charge in [-0.2, -0.15) is 10.2 Å². The number of likely N-dealkylation sites (tertiary alicyclic amines) is 1. The first kappa shape index (κ1) is 21.5. The van der Waals surface area contributed by atoms with E-state index in [2.05, 4.69) is 21.3 Å². The largest absolute Gasteiger partial charge is 0.484 e. The number of halogens is 1. The molecule has 4 rings (SSSR count). The normalized spacial score (nSPS) is 16.8. The topological polar surface area (TPSA) is 105 Å². The van der Waals surface area contributed by atoms with Crippen molar-refractivity contribution >= 4 is 23.2 Å². The summed E-state index contributed by atoms with van der Waals surface area (Å²) >= 11 is 6.01. The van der Waals surface area contributed by atoms with E-state index in [0.29, 0.717) is 47.6 Å². The fraction of sp³-hybridized carbons (Fsp3) is 0.261. The van der Waals surface area contributed by atoms with Gasteiger partial charge in [0.25, 0.3) is 11.8 Å². The van der Waals surface area contributed by atoms with Crippen molar-refractivity contribution in [2.75, 3.05) is 13.2 Å². The quantitative estimate of drug-likeness (QED) is 0.525. The number of rotatable bonds is 6. The molecule has 32 heavy (non-hydrogen) atoms. The lowest BCUT2D eigenvalue weighted by atomic mass is 10.1. The number of benzene rings is 2. The maximum absolute atomic E-state index is 12.1. The van der Waals surface area contributed by atoms with E-state index in [1.54, 1.807) is 29.2 Å². The molecule has 1 amide bonds. The summed E-state index contributed by atoms with van der Waals surface area (Å²) in [4.78, 5) is 22.2. The minimum absolute atomic E-state index is 0.0655. The smallest absolute Gasteiger partial charge is 0.283 e. The number of hydrogen-bond acceptors (Lipinski definition) is 7. The predicted octanol–water partition coefficient (Wildman–Crippen LogP) is 3.90. The van der Waals surface area contributed by atoms with Gasteiger partial charge in [0.15, 0.2) is 18.6 Å². The third kappa shape index (κ3) is 5.31. The Morgan fingerprint density at radius 3 is 2.88 bits per heavy atom. The third-order valence-electron chi connectivity index (χ3n) is 5.01. The molecule has 1 atom stereocenters. The first-order valence-electron chi connectivity index (χ1n) is 10.1. The molecule has 9 heteroatoms. The van der Waals surface area contributed by atoms with Crippen LogP contribution in [0.5, 0.6) is 5.75 Å². The van der Waals surface area contributed by atoms with E-state index in [4.69, 9.17) is 26.1 Å². The van der Waals surface area contributed by atoms with Gasteiger partial charge in [-0.15, -0.1) is 0 Å². The van der Waals surface area contributed by atoms with Crippen LogP contribution in [0.1, 0.15) is 24.7 Å². The van der Waals surface area contributed by atoms with Gasteiger partial charge in [0, 0.05) is 35.2 Å². The van der Waals surface area contributed by atoms with E-state index in [9.17, 15) is 4.79 Å². The van der Waals surface area contributed by atoms with Crippen molar-refractivity contribution in [1.29, 1.82) is 5.26 Å². The predicted molar refractivity (Wildman–Crippen MR) is 118 cm³/mol. The van der Waals surface area contributed by atoms with Crippen LogP contribution in [0, 0.1) is 11.5 Å². The molecular formula is C23H20ClN5O3. The molecule has 0 aliphatic carbocycles. The molecule has 1 aliphatic rings. The minimum Gasteiger partial charge on any atom is -0.484 e. The van der Waals surface area contributed by atoms with Crippen LogP contribution in [-0.4, -0.2) is 45.9 Å². The average Bonchev–Trinajstić information content (AvgIpc) is 3.38. The lowest BCUT2D eigenvalue weighted by Crippen LogP contribution is -2.21. The highest BCUT2D eigenvalue weighted by Gasteiger charge is 2.25. The van der Waals surface area contributed by atoms with Crippen LogP contribution in [0.15, 0.2) is 58.0 Å². The Hall–Kier alpha value is -3.70. The van der Waals surface area contributed by atoms with E-state index < -0.39 is 0 Å². The lowest BCUT2D eigenvalue weighted by molar-refractivity contribution is -0.119. The number of aliphatic imine (C=N–C) groups is 1. The van der Waals surface area contributed by atoms with Gasteiger partial charge < -0.3 is 14.2 Å². The number of carbonyl (C=O) groups excluding carboxylic acids is 1. The van der Waals surface area contributed by atoms with Crippen molar-refractivity contribution in [3.8, 4) is 23.4 Å².